The molecule has 5 atom stereocenters. The second kappa shape index (κ2) is 16.7. The number of carbonyl (C=O) groups excluding carboxylic acids is 2. The lowest BCUT2D eigenvalue weighted by Gasteiger charge is -2.41. The number of ether oxygens (including phenoxy) is 1. The number of aliphatic hydroxyl groups is 1. The van der Waals surface area contributed by atoms with Gasteiger partial charge in [-0.25, -0.2) is 0 Å². The highest BCUT2D eigenvalue weighted by Crippen LogP contribution is 2.47. The average molecular weight is 721 g/mol. The number of amides is 2. The summed E-state index contributed by atoms with van der Waals surface area (Å²) in [4.78, 5) is 31.7. The molecule has 1 aliphatic carbocycles. The van der Waals surface area contributed by atoms with Gasteiger partial charge in [-0.3, -0.25) is 9.59 Å². The zero-order valence-electron chi connectivity index (χ0n) is 32.1. The van der Waals surface area contributed by atoms with Crippen LogP contribution in [0.2, 0.25) is 0 Å². The maximum Gasteiger partial charge on any atom is 0.251 e. The first-order valence-electron chi connectivity index (χ1n) is 20.5. The Labute approximate surface area is 316 Å². The highest BCUT2D eigenvalue weighted by Gasteiger charge is 2.43. The number of rotatable bonds is 12. The lowest BCUT2D eigenvalue weighted by Crippen LogP contribution is -2.50. The van der Waals surface area contributed by atoms with Gasteiger partial charge in [0, 0.05) is 50.1 Å². The monoisotopic (exact) mass is 720 g/mol. The fourth-order valence-electron chi connectivity index (χ4n) is 9.54. The average Bonchev–Trinajstić information content (AvgIpc) is 3.86. The third kappa shape index (κ3) is 8.66. The zero-order valence-corrected chi connectivity index (χ0v) is 32.1. The van der Waals surface area contributed by atoms with Gasteiger partial charge >= 0.3 is 0 Å². The molecular formula is C45H60N4O4. The summed E-state index contributed by atoms with van der Waals surface area (Å²) < 4.78 is 6.69. The lowest BCUT2D eigenvalue weighted by atomic mass is 9.85. The van der Waals surface area contributed by atoms with Crippen molar-refractivity contribution in [3.8, 4) is 5.75 Å². The van der Waals surface area contributed by atoms with Gasteiger partial charge in [-0.1, -0.05) is 62.4 Å². The highest BCUT2D eigenvalue weighted by atomic mass is 16.5. The van der Waals surface area contributed by atoms with Gasteiger partial charge in [0.15, 0.2) is 0 Å². The van der Waals surface area contributed by atoms with Crippen LogP contribution in [0, 0.1) is 0 Å². The van der Waals surface area contributed by atoms with E-state index in [9.17, 15) is 14.7 Å². The molecule has 0 bridgehead atoms. The number of aliphatic hydroxyl groups excluding tert-OH is 1. The van der Waals surface area contributed by atoms with Crippen LogP contribution in [0.4, 0.5) is 0 Å². The van der Waals surface area contributed by atoms with Crippen molar-refractivity contribution in [2.75, 3.05) is 32.7 Å². The molecule has 1 spiro atoms. The molecule has 3 heterocycles. The summed E-state index contributed by atoms with van der Waals surface area (Å²) in [5.74, 6) is 1.19. The van der Waals surface area contributed by atoms with Crippen LogP contribution in [0.3, 0.4) is 0 Å². The van der Waals surface area contributed by atoms with E-state index < -0.39 is 12.1 Å². The predicted octanol–water partition coefficient (Wildman–Crippen LogP) is 7.26. The maximum atomic E-state index is 14.4. The van der Waals surface area contributed by atoms with E-state index in [4.69, 9.17) is 4.74 Å². The maximum absolute atomic E-state index is 14.4. The molecule has 53 heavy (non-hydrogen) atoms. The molecule has 3 fully saturated rings. The van der Waals surface area contributed by atoms with Crippen LogP contribution in [-0.4, -0.2) is 77.2 Å². The molecule has 7 rings (SSSR count). The molecule has 2 amide bonds. The first-order chi connectivity index (χ1) is 25.7. The Morgan fingerprint density at radius 2 is 1.72 bits per heavy atom. The van der Waals surface area contributed by atoms with Crippen LogP contribution >= 0.6 is 0 Å². The number of hydrogen-bond acceptors (Lipinski definition) is 6. The van der Waals surface area contributed by atoms with E-state index in [1.807, 2.05) is 29.2 Å². The number of likely N-dealkylation sites (tertiary alicyclic amines) is 2. The molecule has 0 aromatic heterocycles. The molecule has 2 saturated heterocycles. The fourth-order valence-corrected chi connectivity index (χ4v) is 9.54. The summed E-state index contributed by atoms with van der Waals surface area (Å²) in [6.07, 6.45) is 9.98. The number of nitrogens with one attached hydrogen (secondary N) is 2. The van der Waals surface area contributed by atoms with Crippen molar-refractivity contribution < 1.29 is 19.4 Å². The van der Waals surface area contributed by atoms with Crippen molar-refractivity contribution in [3.63, 3.8) is 0 Å². The molecular weight excluding hydrogens is 661 g/mol. The number of benzene rings is 3. The number of piperidine rings is 1. The Morgan fingerprint density at radius 3 is 2.45 bits per heavy atom. The van der Waals surface area contributed by atoms with E-state index in [1.165, 1.54) is 24.0 Å². The minimum Gasteiger partial charge on any atom is -0.487 e. The Bertz CT molecular complexity index is 1720. The Morgan fingerprint density at radius 1 is 0.925 bits per heavy atom. The molecule has 3 aromatic rings. The number of aryl methyl sites for hydroxylation is 1. The summed E-state index contributed by atoms with van der Waals surface area (Å²) in [6, 6.07) is 22.5. The van der Waals surface area contributed by atoms with Crippen molar-refractivity contribution in [2.45, 2.75) is 127 Å². The first kappa shape index (κ1) is 37.6. The van der Waals surface area contributed by atoms with Gasteiger partial charge in [0.2, 0.25) is 5.91 Å². The van der Waals surface area contributed by atoms with Gasteiger partial charge < -0.3 is 30.3 Å². The second-order valence-electron chi connectivity index (χ2n) is 16.2. The van der Waals surface area contributed by atoms with Crippen molar-refractivity contribution in [2.24, 2.45) is 0 Å². The number of nitrogens with zero attached hydrogens (tertiary/aromatic N) is 2. The van der Waals surface area contributed by atoms with Gasteiger partial charge in [-0.05, 0) is 124 Å². The topological polar surface area (TPSA) is 94.1 Å². The predicted molar refractivity (Wildman–Crippen MR) is 210 cm³/mol. The molecule has 3 aromatic carbocycles. The van der Waals surface area contributed by atoms with Gasteiger partial charge in [0.05, 0.1) is 18.2 Å². The number of fused-ring (bicyclic) bond motifs is 1. The van der Waals surface area contributed by atoms with Crippen LogP contribution in [0.15, 0.2) is 66.7 Å². The minimum atomic E-state index is -0.832. The molecule has 284 valence electrons. The van der Waals surface area contributed by atoms with Crippen molar-refractivity contribution in [3.05, 3.63) is 100 Å². The summed E-state index contributed by atoms with van der Waals surface area (Å²) >= 11 is 0. The Kier molecular flexibility index (Phi) is 11.9. The van der Waals surface area contributed by atoms with Gasteiger partial charge in [0.1, 0.15) is 11.4 Å². The third-order valence-corrected chi connectivity index (χ3v) is 12.7. The molecule has 0 radical (unpaired) electrons. The molecule has 3 aliphatic heterocycles. The molecule has 0 unspecified atom stereocenters. The normalized spacial score (nSPS) is 23.7. The van der Waals surface area contributed by atoms with Crippen LogP contribution in [0.25, 0.3) is 0 Å². The molecule has 3 N–H and O–H groups in total. The van der Waals surface area contributed by atoms with E-state index in [-0.39, 0.29) is 29.5 Å². The van der Waals surface area contributed by atoms with Crippen LogP contribution in [-0.2, 0) is 17.6 Å². The molecule has 1 saturated carbocycles. The highest BCUT2D eigenvalue weighted by molar-refractivity contribution is 5.95. The number of hydrogen-bond donors (Lipinski definition) is 3. The van der Waals surface area contributed by atoms with Crippen LogP contribution in [0.5, 0.6) is 5.75 Å². The van der Waals surface area contributed by atoms with E-state index in [2.05, 4.69) is 71.8 Å². The SMILES string of the molecule is CCc1ccc2c(c1)[C@@H](NC[C@@H](O)[C@H](Cc1ccccc1)NC(=O)c1cc([C@@H]3CCN(CC)C3)cc([C@@H]3CCCCN3C(C)=O)c1)CC1(CCCC1)O2. The van der Waals surface area contributed by atoms with Crippen molar-refractivity contribution in [1.82, 2.24) is 20.4 Å². The standard InChI is InChI=1S/C45H60N4O4/c1-4-32-16-17-43-38(23-32)40(28-45(53-43)19-10-11-20-45)46-29-42(51)39(24-33-13-7-6-8-14-33)47-44(52)37-26-35(34-18-22-48(5-2)30-34)25-36(27-37)41-15-9-12-21-49(41)31(3)50/h6-8,13-14,16-17,23,25-27,34,39-42,46,51H,4-5,9-12,15,18-22,24,28-30H2,1-3H3,(H,47,52)/t34-,39+,40+,41+,42-/m1/s1. The van der Waals surface area contributed by atoms with E-state index in [0.29, 0.717) is 24.4 Å². The van der Waals surface area contributed by atoms with Gasteiger partial charge in [-0.2, -0.15) is 0 Å². The van der Waals surface area contributed by atoms with Crippen molar-refractivity contribution in [1.29, 1.82) is 0 Å². The summed E-state index contributed by atoms with van der Waals surface area (Å²) in [5.41, 5.74) is 6.16. The third-order valence-electron chi connectivity index (χ3n) is 12.7. The number of likely N-dealkylation sites (N-methyl/N-ethyl adjacent to an activating group) is 1. The smallest absolute Gasteiger partial charge is 0.251 e. The Hall–Kier alpha value is -3.72. The molecule has 4 aliphatic rings. The summed E-state index contributed by atoms with van der Waals surface area (Å²) in [5, 5.41) is 19.1. The zero-order chi connectivity index (χ0) is 37.0. The van der Waals surface area contributed by atoms with E-state index in [1.54, 1.807) is 6.92 Å². The van der Waals surface area contributed by atoms with Gasteiger partial charge in [-0.15, -0.1) is 0 Å². The van der Waals surface area contributed by atoms with Crippen LogP contribution in [0.1, 0.15) is 135 Å². The van der Waals surface area contributed by atoms with Crippen LogP contribution < -0.4 is 15.4 Å². The Balaban J connectivity index is 1.15. The second-order valence-corrected chi connectivity index (χ2v) is 16.2. The van der Waals surface area contributed by atoms with E-state index in [0.717, 1.165) is 100.0 Å². The van der Waals surface area contributed by atoms with Gasteiger partial charge in [0.25, 0.3) is 5.91 Å². The quantitative estimate of drug-likeness (QED) is 0.183. The minimum absolute atomic E-state index is 0.0370. The lowest BCUT2D eigenvalue weighted by molar-refractivity contribution is -0.132. The molecule has 8 heteroatoms. The summed E-state index contributed by atoms with van der Waals surface area (Å²) in [6.45, 7) is 10.1. The van der Waals surface area contributed by atoms with E-state index >= 15 is 0 Å². The summed E-state index contributed by atoms with van der Waals surface area (Å²) in [7, 11) is 0. The van der Waals surface area contributed by atoms with Crippen molar-refractivity contribution >= 4 is 11.8 Å². The first-order valence-corrected chi connectivity index (χ1v) is 20.5. The molecule has 8 nitrogen and oxygen atoms in total. The number of carbonyl (C=O) groups is 2. The largest absolute Gasteiger partial charge is 0.487 e. The fraction of sp³-hybridized carbons (Fsp3) is 0.556.